The molecule has 0 atom stereocenters. The SMILES string of the molecule is O=C1S/C(=C/c2ccc(OCCOc3ccccc3)cc2)C(=O)N1Cc1cccc(Br)c1. The Morgan fingerprint density at radius 2 is 1.53 bits per heavy atom. The van der Waals surface area contributed by atoms with Crippen LogP contribution in [-0.4, -0.2) is 29.3 Å². The molecule has 4 rings (SSSR count). The third-order valence-electron chi connectivity index (χ3n) is 4.65. The Balaban J connectivity index is 1.32. The Kier molecular flexibility index (Phi) is 7.29. The molecular formula is C25H20BrNO4S. The lowest BCUT2D eigenvalue weighted by Crippen LogP contribution is -2.27. The molecule has 3 aromatic carbocycles. The third kappa shape index (κ3) is 5.81. The van der Waals surface area contributed by atoms with E-state index in [2.05, 4.69) is 15.9 Å². The minimum absolute atomic E-state index is 0.249. The van der Waals surface area contributed by atoms with Crippen LogP contribution in [0.1, 0.15) is 11.1 Å². The second-order valence-corrected chi connectivity index (χ2v) is 8.89. The smallest absolute Gasteiger partial charge is 0.293 e. The van der Waals surface area contributed by atoms with E-state index in [4.69, 9.17) is 9.47 Å². The zero-order chi connectivity index (χ0) is 22.3. The lowest BCUT2D eigenvalue weighted by atomic mass is 10.2. The van der Waals surface area contributed by atoms with Crippen molar-refractivity contribution in [2.45, 2.75) is 6.54 Å². The lowest BCUT2D eigenvalue weighted by molar-refractivity contribution is -0.123. The van der Waals surface area contributed by atoms with Gasteiger partial charge in [-0.2, -0.15) is 0 Å². The van der Waals surface area contributed by atoms with Crippen LogP contribution in [0, 0.1) is 0 Å². The van der Waals surface area contributed by atoms with Crippen molar-refractivity contribution < 1.29 is 19.1 Å². The van der Waals surface area contributed by atoms with Gasteiger partial charge >= 0.3 is 0 Å². The molecule has 0 aromatic heterocycles. The Labute approximate surface area is 199 Å². The van der Waals surface area contributed by atoms with Crippen LogP contribution in [0.5, 0.6) is 11.5 Å². The monoisotopic (exact) mass is 509 g/mol. The van der Waals surface area contributed by atoms with Gasteiger partial charge < -0.3 is 9.47 Å². The Hall–Kier alpha value is -3.03. The van der Waals surface area contributed by atoms with Crippen molar-refractivity contribution in [3.63, 3.8) is 0 Å². The van der Waals surface area contributed by atoms with Gasteiger partial charge in [0.25, 0.3) is 11.1 Å². The van der Waals surface area contributed by atoms with Gasteiger partial charge in [-0.05, 0) is 65.4 Å². The van der Waals surface area contributed by atoms with E-state index in [-0.39, 0.29) is 17.7 Å². The summed E-state index contributed by atoms with van der Waals surface area (Å²) in [6.45, 7) is 1.11. The van der Waals surface area contributed by atoms with Gasteiger partial charge in [0.05, 0.1) is 11.4 Å². The van der Waals surface area contributed by atoms with Gasteiger partial charge in [-0.15, -0.1) is 0 Å². The molecule has 0 unspecified atom stereocenters. The average Bonchev–Trinajstić information content (AvgIpc) is 3.06. The highest BCUT2D eigenvalue weighted by atomic mass is 79.9. The van der Waals surface area contributed by atoms with Gasteiger partial charge in [-0.1, -0.05) is 58.4 Å². The van der Waals surface area contributed by atoms with Crippen LogP contribution in [0.3, 0.4) is 0 Å². The first kappa shape index (κ1) is 22.2. The maximum absolute atomic E-state index is 12.7. The van der Waals surface area contributed by atoms with Crippen molar-refractivity contribution in [2.75, 3.05) is 13.2 Å². The number of thioether (sulfide) groups is 1. The van der Waals surface area contributed by atoms with Gasteiger partial charge in [0.2, 0.25) is 0 Å². The van der Waals surface area contributed by atoms with Crippen molar-refractivity contribution in [1.29, 1.82) is 0 Å². The zero-order valence-electron chi connectivity index (χ0n) is 17.1. The van der Waals surface area contributed by atoms with E-state index >= 15 is 0 Å². The first-order valence-corrected chi connectivity index (χ1v) is 11.6. The lowest BCUT2D eigenvalue weighted by Gasteiger charge is -2.12. The van der Waals surface area contributed by atoms with Crippen LogP contribution >= 0.6 is 27.7 Å². The second kappa shape index (κ2) is 10.5. The van der Waals surface area contributed by atoms with Gasteiger partial charge in [-0.3, -0.25) is 14.5 Å². The maximum atomic E-state index is 12.7. The summed E-state index contributed by atoms with van der Waals surface area (Å²) in [5.41, 5.74) is 1.71. The third-order valence-corrected chi connectivity index (χ3v) is 6.05. The van der Waals surface area contributed by atoms with Crippen molar-refractivity contribution in [3.8, 4) is 11.5 Å². The molecule has 1 heterocycles. The number of carbonyl (C=O) groups excluding carboxylic acids is 2. The average molecular weight is 510 g/mol. The van der Waals surface area contributed by atoms with E-state index in [1.54, 1.807) is 6.08 Å². The number of imide groups is 1. The number of ether oxygens (including phenoxy) is 2. The highest BCUT2D eigenvalue weighted by Crippen LogP contribution is 2.33. The number of hydrogen-bond donors (Lipinski definition) is 0. The number of nitrogens with zero attached hydrogens (tertiary/aromatic N) is 1. The summed E-state index contributed by atoms with van der Waals surface area (Å²) in [4.78, 5) is 26.8. The van der Waals surface area contributed by atoms with Crippen LogP contribution in [0.25, 0.3) is 6.08 Å². The number of benzene rings is 3. The van der Waals surface area contributed by atoms with Gasteiger partial charge in [-0.25, -0.2) is 0 Å². The predicted molar refractivity (Wildman–Crippen MR) is 130 cm³/mol. The van der Waals surface area contributed by atoms with Gasteiger partial charge in [0.15, 0.2) is 0 Å². The molecule has 32 heavy (non-hydrogen) atoms. The molecule has 5 nitrogen and oxygen atoms in total. The standard InChI is InChI=1S/C25H20BrNO4S/c26-20-6-4-5-19(15-20)17-27-24(28)23(32-25(27)29)16-18-9-11-22(12-10-18)31-14-13-30-21-7-2-1-3-8-21/h1-12,15-16H,13-14,17H2/b23-16+. The molecule has 0 saturated carbocycles. The molecule has 162 valence electrons. The fraction of sp³-hybridized carbons (Fsp3) is 0.120. The Morgan fingerprint density at radius 3 is 2.22 bits per heavy atom. The highest BCUT2D eigenvalue weighted by molar-refractivity contribution is 9.10. The Morgan fingerprint density at radius 1 is 0.844 bits per heavy atom. The van der Waals surface area contributed by atoms with E-state index in [9.17, 15) is 9.59 Å². The first-order chi connectivity index (χ1) is 15.6. The Bertz CT molecular complexity index is 1130. The van der Waals surface area contributed by atoms with Crippen LogP contribution in [0.15, 0.2) is 88.2 Å². The van der Waals surface area contributed by atoms with Gasteiger partial charge in [0, 0.05) is 4.47 Å². The summed E-state index contributed by atoms with van der Waals surface area (Å²) >= 11 is 4.37. The molecule has 0 spiro atoms. The molecule has 0 radical (unpaired) electrons. The molecule has 3 aromatic rings. The first-order valence-electron chi connectivity index (χ1n) is 9.99. The predicted octanol–water partition coefficient (Wildman–Crippen LogP) is 6.14. The molecule has 0 aliphatic carbocycles. The molecule has 1 saturated heterocycles. The van der Waals surface area contributed by atoms with Crippen LogP contribution in [-0.2, 0) is 11.3 Å². The number of hydrogen-bond acceptors (Lipinski definition) is 5. The molecule has 1 aliphatic heterocycles. The van der Waals surface area contributed by atoms with Crippen molar-refractivity contribution in [1.82, 2.24) is 4.90 Å². The highest BCUT2D eigenvalue weighted by Gasteiger charge is 2.34. The fourth-order valence-corrected chi connectivity index (χ4v) is 4.39. The summed E-state index contributed by atoms with van der Waals surface area (Å²) in [6, 6.07) is 24.5. The van der Waals surface area contributed by atoms with Crippen LogP contribution in [0.2, 0.25) is 0 Å². The molecular weight excluding hydrogens is 490 g/mol. The van der Waals surface area contributed by atoms with E-state index < -0.39 is 0 Å². The number of halogens is 1. The van der Waals surface area contributed by atoms with Crippen molar-refractivity contribution in [3.05, 3.63) is 99.4 Å². The maximum Gasteiger partial charge on any atom is 0.293 e. The quantitative estimate of drug-likeness (QED) is 0.269. The fourth-order valence-electron chi connectivity index (χ4n) is 3.10. The van der Waals surface area contributed by atoms with E-state index in [1.807, 2.05) is 78.9 Å². The molecule has 0 bridgehead atoms. The number of rotatable bonds is 8. The normalized spacial score (nSPS) is 14.8. The number of amides is 2. The largest absolute Gasteiger partial charge is 0.490 e. The summed E-state index contributed by atoms with van der Waals surface area (Å²) in [6.07, 6.45) is 1.73. The van der Waals surface area contributed by atoms with Crippen LogP contribution in [0.4, 0.5) is 4.79 Å². The molecule has 2 amide bonds. The van der Waals surface area contributed by atoms with E-state index in [0.717, 1.165) is 33.1 Å². The van der Waals surface area contributed by atoms with Crippen molar-refractivity contribution in [2.24, 2.45) is 0 Å². The summed E-state index contributed by atoms with van der Waals surface area (Å²) in [5.74, 6) is 1.24. The summed E-state index contributed by atoms with van der Waals surface area (Å²) in [7, 11) is 0. The second-order valence-electron chi connectivity index (χ2n) is 6.98. The summed E-state index contributed by atoms with van der Waals surface area (Å²) < 4.78 is 12.2. The molecule has 1 fully saturated rings. The van der Waals surface area contributed by atoms with Crippen LogP contribution < -0.4 is 9.47 Å². The summed E-state index contributed by atoms with van der Waals surface area (Å²) in [5, 5.41) is -0.264. The topological polar surface area (TPSA) is 55.8 Å². The number of carbonyl (C=O) groups is 2. The van der Waals surface area contributed by atoms with E-state index in [1.165, 1.54) is 4.90 Å². The molecule has 0 N–H and O–H groups in total. The zero-order valence-corrected chi connectivity index (χ0v) is 19.5. The van der Waals surface area contributed by atoms with Gasteiger partial charge in [0.1, 0.15) is 24.7 Å². The number of para-hydroxylation sites is 1. The minimum atomic E-state index is -0.279. The minimum Gasteiger partial charge on any atom is -0.490 e. The van der Waals surface area contributed by atoms with E-state index in [0.29, 0.717) is 23.9 Å². The molecule has 1 aliphatic rings. The molecule has 7 heteroatoms. The van der Waals surface area contributed by atoms with Crippen molar-refractivity contribution >= 4 is 44.9 Å².